The molecule has 0 radical (unpaired) electrons. The largest absolute Gasteiger partial charge is 0.378 e. The average Bonchev–Trinajstić information content (AvgIpc) is 2.74. The zero-order chi connectivity index (χ0) is 10.5. The first kappa shape index (κ1) is 11.4. The van der Waals surface area contributed by atoms with Gasteiger partial charge in [-0.1, -0.05) is 0 Å². The van der Waals surface area contributed by atoms with Gasteiger partial charge in [0.1, 0.15) is 0 Å². The Morgan fingerprint density at radius 3 is 2.93 bits per heavy atom. The molecule has 0 amide bonds. The molecule has 1 N–H and O–H groups in total. The predicted molar refractivity (Wildman–Crippen MR) is 60.0 cm³/mol. The van der Waals surface area contributed by atoms with Crippen LogP contribution < -0.4 is 5.32 Å². The molecule has 0 saturated carbocycles. The van der Waals surface area contributed by atoms with Crippen LogP contribution in [0, 0.1) is 0 Å². The van der Waals surface area contributed by atoms with Crippen molar-refractivity contribution in [3.63, 3.8) is 0 Å². The van der Waals surface area contributed by atoms with Crippen molar-refractivity contribution in [3.8, 4) is 0 Å². The standard InChI is InChI=1S/C12H23NO2/c1-10-4-5-12(9-13-10)15-8-6-11-3-2-7-14-11/h10-13H,2-9H2,1H3. The molecule has 88 valence electrons. The molecule has 0 aliphatic carbocycles. The van der Waals surface area contributed by atoms with Gasteiger partial charge in [-0.25, -0.2) is 0 Å². The van der Waals surface area contributed by atoms with Crippen molar-refractivity contribution in [1.29, 1.82) is 0 Å². The maximum atomic E-state index is 5.85. The molecule has 3 heteroatoms. The lowest BCUT2D eigenvalue weighted by Crippen LogP contribution is -2.41. The van der Waals surface area contributed by atoms with Crippen LogP contribution in [0.2, 0.25) is 0 Å². The average molecular weight is 213 g/mol. The van der Waals surface area contributed by atoms with Crippen LogP contribution in [0.25, 0.3) is 0 Å². The topological polar surface area (TPSA) is 30.5 Å². The Labute approximate surface area is 92.5 Å². The first-order valence-electron chi connectivity index (χ1n) is 6.31. The molecule has 3 unspecified atom stereocenters. The van der Waals surface area contributed by atoms with Crippen LogP contribution >= 0.6 is 0 Å². The van der Waals surface area contributed by atoms with Gasteiger partial charge in [0.25, 0.3) is 0 Å². The van der Waals surface area contributed by atoms with Gasteiger partial charge in [-0.3, -0.25) is 0 Å². The van der Waals surface area contributed by atoms with Crippen LogP contribution in [-0.2, 0) is 9.47 Å². The van der Waals surface area contributed by atoms with Crippen LogP contribution in [0.3, 0.4) is 0 Å². The van der Waals surface area contributed by atoms with Crippen molar-refractivity contribution in [2.45, 2.75) is 57.3 Å². The van der Waals surface area contributed by atoms with Crippen LogP contribution in [-0.4, -0.2) is 38.0 Å². The molecule has 2 fully saturated rings. The summed E-state index contributed by atoms with van der Waals surface area (Å²) in [5, 5.41) is 3.45. The summed E-state index contributed by atoms with van der Waals surface area (Å²) in [6, 6.07) is 0.669. The van der Waals surface area contributed by atoms with Gasteiger partial charge in [-0.15, -0.1) is 0 Å². The zero-order valence-electron chi connectivity index (χ0n) is 9.71. The smallest absolute Gasteiger partial charge is 0.0700 e. The molecule has 0 spiro atoms. The second kappa shape index (κ2) is 5.83. The minimum atomic E-state index is 0.433. The van der Waals surface area contributed by atoms with Gasteiger partial charge in [0.2, 0.25) is 0 Å². The number of hydrogen-bond donors (Lipinski definition) is 1. The van der Waals surface area contributed by atoms with E-state index in [2.05, 4.69) is 12.2 Å². The first-order chi connectivity index (χ1) is 7.34. The Hall–Kier alpha value is -0.120. The van der Waals surface area contributed by atoms with Gasteiger partial charge in [-0.2, -0.15) is 0 Å². The Balaban J connectivity index is 1.53. The molecule has 0 aromatic heterocycles. The number of piperidine rings is 1. The minimum absolute atomic E-state index is 0.433. The van der Waals surface area contributed by atoms with E-state index in [9.17, 15) is 0 Å². The predicted octanol–water partition coefficient (Wildman–Crippen LogP) is 1.71. The molecule has 0 aromatic carbocycles. The second-order valence-electron chi connectivity index (χ2n) is 4.80. The van der Waals surface area contributed by atoms with Crippen LogP contribution in [0.15, 0.2) is 0 Å². The fourth-order valence-corrected chi connectivity index (χ4v) is 2.35. The highest BCUT2D eigenvalue weighted by molar-refractivity contribution is 4.75. The molecule has 2 aliphatic rings. The molecule has 0 aromatic rings. The molecular formula is C12H23NO2. The highest BCUT2D eigenvalue weighted by Gasteiger charge is 2.19. The third kappa shape index (κ3) is 3.74. The summed E-state index contributed by atoms with van der Waals surface area (Å²) in [4.78, 5) is 0. The van der Waals surface area contributed by atoms with Crippen molar-refractivity contribution in [2.75, 3.05) is 19.8 Å². The van der Waals surface area contributed by atoms with E-state index in [1.165, 1.54) is 25.7 Å². The highest BCUT2D eigenvalue weighted by atomic mass is 16.5. The summed E-state index contributed by atoms with van der Waals surface area (Å²) in [5.41, 5.74) is 0. The van der Waals surface area contributed by atoms with Crippen LogP contribution in [0.5, 0.6) is 0 Å². The summed E-state index contributed by atoms with van der Waals surface area (Å²) in [6.45, 7) is 5.08. The third-order valence-electron chi connectivity index (χ3n) is 3.43. The third-order valence-corrected chi connectivity index (χ3v) is 3.43. The Morgan fingerprint density at radius 2 is 2.27 bits per heavy atom. The van der Waals surface area contributed by atoms with Crippen molar-refractivity contribution < 1.29 is 9.47 Å². The van der Waals surface area contributed by atoms with E-state index in [0.29, 0.717) is 18.2 Å². The second-order valence-corrected chi connectivity index (χ2v) is 4.80. The van der Waals surface area contributed by atoms with Crippen molar-refractivity contribution >= 4 is 0 Å². The molecule has 2 aliphatic heterocycles. The van der Waals surface area contributed by atoms with Crippen molar-refractivity contribution in [3.05, 3.63) is 0 Å². The van der Waals surface area contributed by atoms with E-state index in [-0.39, 0.29) is 0 Å². The van der Waals surface area contributed by atoms with E-state index < -0.39 is 0 Å². The van der Waals surface area contributed by atoms with Crippen LogP contribution in [0.1, 0.15) is 39.0 Å². The zero-order valence-corrected chi connectivity index (χ0v) is 9.71. The van der Waals surface area contributed by atoms with E-state index in [0.717, 1.165) is 26.2 Å². The molecule has 3 atom stereocenters. The lowest BCUT2D eigenvalue weighted by atomic mass is 10.0. The first-order valence-corrected chi connectivity index (χ1v) is 6.31. The normalized spacial score (nSPS) is 37.0. The van der Waals surface area contributed by atoms with Gasteiger partial charge in [0.15, 0.2) is 0 Å². The van der Waals surface area contributed by atoms with E-state index in [1.54, 1.807) is 0 Å². The fraction of sp³-hybridized carbons (Fsp3) is 1.00. The summed E-state index contributed by atoms with van der Waals surface area (Å²) >= 11 is 0. The molecule has 2 saturated heterocycles. The lowest BCUT2D eigenvalue weighted by molar-refractivity contribution is 0.00572. The van der Waals surface area contributed by atoms with E-state index in [4.69, 9.17) is 9.47 Å². The van der Waals surface area contributed by atoms with Gasteiger partial charge in [0.05, 0.1) is 12.2 Å². The summed E-state index contributed by atoms with van der Waals surface area (Å²) < 4.78 is 11.4. The van der Waals surface area contributed by atoms with Crippen LogP contribution in [0.4, 0.5) is 0 Å². The van der Waals surface area contributed by atoms with Crippen molar-refractivity contribution in [1.82, 2.24) is 5.32 Å². The SMILES string of the molecule is CC1CCC(OCCC2CCCO2)CN1. The minimum Gasteiger partial charge on any atom is -0.378 e. The van der Waals surface area contributed by atoms with Crippen molar-refractivity contribution in [2.24, 2.45) is 0 Å². The van der Waals surface area contributed by atoms with Gasteiger partial charge in [0, 0.05) is 25.8 Å². The summed E-state index contributed by atoms with van der Waals surface area (Å²) in [5.74, 6) is 0. The molecular weight excluding hydrogens is 190 g/mol. The fourth-order valence-electron chi connectivity index (χ4n) is 2.35. The number of ether oxygens (including phenoxy) is 2. The van der Waals surface area contributed by atoms with E-state index >= 15 is 0 Å². The molecule has 0 bridgehead atoms. The molecule has 3 nitrogen and oxygen atoms in total. The summed E-state index contributed by atoms with van der Waals surface area (Å²) in [6.07, 6.45) is 6.88. The monoisotopic (exact) mass is 213 g/mol. The summed E-state index contributed by atoms with van der Waals surface area (Å²) in [7, 11) is 0. The lowest BCUT2D eigenvalue weighted by Gasteiger charge is -2.27. The maximum absolute atomic E-state index is 5.85. The molecule has 15 heavy (non-hydrogen) atoms. The quantitative estimate of drug-likeness (QED) is 0.771. The number of hydrogen-bond acceptors (Lipinski definition) is 3. The Bertz CT molecular complexity index is 172. The Kier molecular flexibility index (Phi) is 4.42. The number of rotatable bonds is 4. The molecule has 2 heterocycles. The van der Waals surface area contributed by atoms with Gasteiger partial charge >= 0.3 is 0 Å². The van der Waals surface area contributed by atoms with Gasteiger partial charge in [-0.05, 0) is 39.0 Å². The highest BCUT2D eigenvalue weighted by Crippen LogP contribution is 2.16. The van der Waals surface area contributed by atoms with E-state index in [1.807, 2.05) is 0 Å². The molecule has 2 rings (SSSR count). The van der Waals surface area contributed by atoms with Gasteiger partial charge < -0.3 is 14.8 Å². The number of nitrogens with one attached hydrogen (secondary N) is 1. The Morgan fingerprint density at radius 1 is 1.33 bits per heavy atom. The maximum Gasteiger partial charge on any atom is 0.0700 e.